The maximum atomic E-state index is 6.21. The van der Waals surface area contributed by atoms with Gasteiger partial charge in [0.05, 0.1) is 0 Å². The molecule has 5 N–H and O–H groups in total. The van der Waals surface area contributed by atoms with Crippen LogP contribution < -0.4 is 21.6 Å². The fraction of sp³-hybridized carbons (Fsp3) is 0.115. The minimum absolute atomic E-state index is 0.424. The van der Waals surface area contributed by atoms with Gasteiger partial charge in [0.2, 0.25) is 0 Å². The van der Waals surface area contributed by atoms with Crippen LogP contribution in [0, 0.1) is 6.92 Å². The molecular weight excluding hydrogens is 448 g/mol. The minimum atomic E-state index is 0.424. The Balaban J connectivity index is 1.53. The second-order valence-corrected chi connectivity index (χ2v) is 8.17. The smallest absolute Gasteiger partial charge is 0.153 e. The molecule has 0 atom stereocenters. The standard InChI is InChI=1S/C26H25ClN6O/c1-17-5-11-23(26(31-17)19-7-9-20(27)10-8-19)34-22-13-14-30-25(16-22)32-21-4-2-3-18(15-21)6-12-24(28)33-29/h2-5,7-11,13-16H,6,12,29H2,1H3,(H2,28,33)(H,30,32). The number of amidine groups is 1. The Labute approximate surface area is 203 Å². The lowest BCUT2D eigenvalue weighted by atomic mass is 10.1. The van der Waals surface area contributed by atoms with Gasteiger partial charge in [0, 0.05) is 40.7 Å². The molecule has 7 nitrogen and oxygen atoms in total. The molecule has 0 saturated carbocycles. The van der Waals surface area contributed by atoms with Gasteiger partial charge in [0.15, 0.2) is 5.75 Å². The second-order valence-electron chi connectivity index (χ2n) is 7.73. The number of hydrazone groups is 1. The van der Waals surface area contributed by atoms with Crippen molar-refractivity contribution in [1.29, 1.82) is 0 Å². The average molecular weight is 473 g/mol. The van der Waals surface area contributed by atoms with Gasteiger partial charge >= 0.3 is 0 Å². The van der Waals surface area contributed by atoms with Crippen LogP contribution in [0.25, 0.3) is 11.3 Å². The molecule has 0 unspecified atom stereocenters. The van der Waals surface area contributed by atoms with Gasteiger partial charge < -0.3 is 21.6 Å². The van der Waals surface area contributed by atoms with Gasteiger partial charge in [-0.2, -0.15) is 5.10 Å². The Morgan fingerprint density at radius 1 is 1.06 bits per heavy atom. The number of hydrogen-bond acceptors (Lipinski definition) is 6. The number of benzene rings is 2. The monoisotopic (exact) mass is 472 g/mol. The summed E-state index contributed by atoms with van der Waals surface area (Å²) in [6.45, 7) is 1.95. The Morgan fingerprint density at radius 2 is 1.88 bits per heavy atom. The first-order valence-corrected chi connectivity index (χ1v) is 11.1. The van der Waals surface area contributed by atoms with Crippen molar-refractivity contribution in [2.45, 2.75) is 19.8 Å². The molecule has 0 aliphatic rings. The first-order valence-electron chi connectivity index (χ1n) is 10.8. The maximum absolute atomic E-state index is 6.21. The summed E-state index contributed by atoms with van der Waals surface area (Å²) in [7, 11) is 0. The molecule has 172 valence electrons. The van der Waals surface area contributed by atoms with Crippen molar-refractivity contribution < 1.29 is 4.74 Å². The highest BCUT2D eigenvalue weighted by molar-refractivity contribution is 6.30. The van der Waals surface area contributed by atoms with Crippen molar-refractivity contribution in [1.82, 2.24) is 9.97 Å². The first-order chi connectivity index (χ1) is 16.5. The Kier molecular flexibility index (Phi) is 7.25. The normalized spacial score (nSPS) is 11.3. The highest BCUT2D eigenvalue weighted by Gasteiger charge is 2.11. The summed E-state index contributed by atoms with van der Waals surface area (Å²) in [5.74, 6) is 7.58. The van der Waals surface area contributed by atoms with E-state index in [0.29, 0.717) is 34.6 Å². The van der Waals surface area contributed by atoms with Crippen molar-refractivity contribution in [3.05, 3.63) is 95.3 Å². The quantitative estimate of drug-likeness (QED) is 0.129. The molecule has 34 heavy (non-hydrogen) atoms. The molecule has 0 spiro atoms. The average Bonchev–Trinajstić information content (AvgIpc) is 2.84. The fourth-order valence-electron chi connectivity index (χ4n) is 3.40. The van der Waals surface area contributed by atoms with Crippen LogP contribution in [-0.4, -0.2) is 15.8 Å². The number of halogens is 1. The van der Waals surface area contributed by atoms with Gasteiger partial charge in [-0.05, 0) is 61.4 Å². The van der Waals surface area contributed by atoms with E-state index in [2.05, 4.69) is 20.4 Å². The summed E-state index contributed by atoms with van der Waals surface area (Å²) in [6.07, 6.45) is 3.04. The van der Waals surface area contributed by atoms with E-state index in [9.17, 15) is 0 Å². The number of nitrogens with zero attached hydrogens (tertiary/aromatic N) is 3. The van der Waals surface area contributed by atoms with Gasteiger partial charge in [-0.3, -0.25) is 0 Å². The van der Waals surface area contributed by atoms with Crippen LogP contribution in [-0.2, 0) is 6.42 Å². The number of hydrogen-bond donors (Lipinski definition) is 3. The Hall–Kier alpha value is -4.10. The molecule has 0 aliphatic heterocycles. The topological polar surface area (TPSA) is 111 Å². The van der Waals surface area contributed by atoms with E-state index in [-0.39, 0.29) is 0 Å². The predicted molar refractivity (Wildman–Crippen MR) is 138 cm³/mol. The molecule has 0 saturated heterocycles. The number of anilines is 2. The van der Waals surface area contributed by atoms with E-state index in [0.717, 1.165) is 34.6 Å². The van der Waals surface area contributed by atoms with Crippen LogP contribution in [0.4, 0.5) is 11.5 Å². The number of rotatable bonds is 8. The van der Waals surface area contributed by atoms with Crippen LogP contribution in [0.15, 0.2) is 84.1 Å². The molecule has 8 heteroatoms. The zero-order valence-electron chi connectivity index (χ0n) is 18.7. The molecule has 0 amide bonds. The molecular formula is C26H25ClN6O. The number of pyridine rings is 2. The van der Waals surface area contributed by atoms with E-state index in [4.69, 9.17) is 27.9 Å². The molecule has 4 rings (SSSR count). The molecule has 0 radical (unpaired) electrons. The molecule has 4 aromatic rings. The first kappa shape index (κ1) is 23.1. The Morgan fingerprint density at radius 3 is 2.68 bits per heavy atom. The van der Waals surface area contributed by atoms with Crippen LogP contribution >= 0.6 is 11.6 Å². The molecule has 0 bridgehead atoms. The van der Waals surface area contributed by atoms with Crippen molar-refractivity contribution in [3.63, 3.8) is 0 Å². The summed E-state index contributed by atoms with van der Waals surface area (Å²) in [5.41, 5.74) is 10.3. The zero-order valence-corrected chi connectivity index (χ0v) is 19.5. The summed E-state index contributed by atoms with van der Waals surface area (Å²) < 4.78 is 6.21. The maximum Gasteiger partial charge on any atom is 0.153 e. The zero-order chi connectivity index (χ0) is 23.9. The molecule has 0 aliphatic carbocycles. The lowest BCUT2D eigenvalue weighted by Crippen LogP contribution is -2.14. The highest BCUT2D eigenvalue weighted by Crippen LogP contribution is 2.33. The van der Waals surface area contributed by atoms with Crippen LogP contribution in [0.1, 0.15) is 17.7 Å². The third-order valence-corrected chi connectivity index (χ3v) is 5.36. The Bertz CT molecular complexity index is 1310. The van der Waals surface area contributed by atoms with Gasteiger partial charge in [0.1, 0.15) is 23.1 Å². The largest absolute Gasteiger partial charge is 0.455 e. The third-order valence-electron chi connectivity index (χ3n) is 5.11. The summed E-state index contributed by atoms with van der Waals surface area (Å²) >= 11 is 6.05. The van der Waals surface area contributed by atoms with Crippen LogP contribution in [0.5, 0.6) is 11.5 Å². The van der Waals surface area contributed by atoms with E-state index >= 15 is 0 Å². The number of ether oxygens (including phenoxy) is 1. The summed E-state index contributed by atoms with van der Waals surface area (Å²) in [5, 5.41) is 7.51. The van der Waals surface area contributed by atoms with Crippen LogP contribution in [0.3, 0.4) is 0 Å². The van der Waals surface area contributed by atoms with Gasteiger partial charge in [-0.25, -0.2) is 9.97 Å². The number of nitrogens with one attached hydrogen (secondary N) is 1. The van der Waals surface area contributed by atoms with Crippen molar-refractivity contribution in [3.8, 4) is 22.8 Å². The number of aromatic nitrogens is 2. The van der Waals surface area contributed by atoms with E-state index < -0.39 is 0 Å². The summed E-state index contributed by atoms with van der Waals surface area (Å²) in [4.78, 5) is 9.10. The van der Waals surface area contributed by atoms with Crippen LogP contribution in [0.2, 0.25) is 5.02 Å². The molecule has 0 fully saturated rings. The summed E-state index contributed by atoms with van der Waals surface area (Å²) in [6, 6.07) is 23.0. The highest BCUT2D eigenvalue weighted by atomic mass is 35.5. The SMILES string of the molecule is Cc1ccc(Oc2ccnc(Nc3cccc(CC/C(N)=N/N)c3)c2)c(-c2ccc(Cl)cc2)n1. The lowest BCUT2D eigenvalue weighted by Gasteiger charge is -2.13. The molecule has 2 heterocycles. The van der Waals surface area contributed by atoms with Crippen molar-refractivity contribution in [2.75, 3.05) is 5.32 Å². The lowest BCUT2D eigenvalue weighted by molar-refractivity contribution is 0.482. The van der Waals surface area contributed by atoms with E-state index in [1.807, 2.05) is 79.7 Å². The van der Waals surface area contributed by atoms with Crippen molar-refractivity contribution >= 4 is 28.9 Å². The van der Waals surface area contributed by atoms with E-state index in [1.54, 1.807) is 6.20 Å². The van der Waals surface area contributed by atoms with E-state index in [1.165, 1.54) is 0 Å². The van der Waals surface area contributed by atoms with Gasteiger partial charge in [-0.15, -0.1) is 0 Å². The van der Waals surface area contributed by atoms with Gasteiger partial charge in [-0.1, -0.05) is 35.9 Å². The second kappa shape index (κ2) is 10.7. The minimum Gasteiger partial charge on any atom is -0.455 e. The number of aryl methyl sites for hydroxylation is 2. The molecule has 2 aromatic carbocycles. The third kappa shape index (κ3) is 6.02. The number of nitrogens with two attached hydrogens (primary N) is 2. The predicted octanol–water partition coefficient (Wildman–Crippen LogP) is 5.80. The fourth-order valence-corrected chi connectivity index (χ4v) is 3.53. The molecule has 2 aromatic heterocycles. The van der Waals surface area contributed by atoms with Gasteiger partial charge in [0.25, 0.3) is 0 Å². The van der Waals surface area contributed by atoms with Crippen molar-refractivity contribution in [2.24, 2.45) is 16.7 Å².